The third-order valence-electron chi connectivity index (χ3n) is 4.11. The Balaban J connectivity index is 0.00000450. The number of methoxy groups -OCH3 is 1. The maximum atomic E-state index is 11.9. The molecule has 2 N–H and O–H groups in total. The number of halogens is 1. The van der Waals surface area contributed by atoms with E-state index in [9.17, 15) is 14.9 Å². The van der Waals surface area contributed by atoms with Crippen LogP contribution in [0.1, 0.15) is 11.1 Å². The number of hydrogen-bond donors (Lipinski definition) is 2. The van der Waals surface area contributed by atoms with Crippen molar-refractivity contribution in [1.29, 1.82) is 0 Å². The summed E-state index contributed by atoms with van der Waals surface area (Å²) in [4.78, 5) is 28.2. The van der Waals surface area contributed by atoms with Crippen molar-refractivity contribution in [2.45, 2.75) is 13.1 Å². The molecule has 0 aliphatic heterocycles. The average molecular weight is 527 g/mol. The van der Waals surface area contributed by atoms with Gasteiger partial charge >= 0.3 is 0 Å². The lowest BCUT2D eigenvalue weighted by Gasteiger charge is -2.16. The molecule has 0 fully saturated rings. The zero-order valence-electron chi connectivity index (χ0n) is 17.1. The third kappa shape index (κ3) is 7.85. The van der Waals surface area contributed by atoms with Crippen LogP contribution in [0.3, 0.4) is 0 Å². The topological polar surface area (TPSA) is 109 Å². The molecule has 0 spiro atoms. The van der Waals surface area contributed by atoms with E-state index in [1.807, 2.05) is 24.3 Å². The van der Waals surface area contributed by atoms with Crippen molar-refractivity contribution in [3.05, 3.63) is 69.8 Å². The highest BCUT2D eigenvalue weighted by molar-refractivity contribution is 14.0. The number of guanidine groups is 1. The van der Waals surface area contributed by atoms with Gasteiger partial charge in [-0.05, 0) is 11.6 Å². The molecule has 0 heterocycles. The van der Waals surface area contributed by atoms with E-state index < -0.39 is 4.92 Å². The highest BCUT2D eigenvalue weighted by atomic mass is 127. The number of nitrogens with zero attached hydrogens (tertiary/aromatic N) is 3. The van der Waals surface area contributed by atoms with E-state index in [0.29, 0.717) is 19.0 Å². The lowest BCUT2D eigenvalue weighted by atomic mass is 10.2. The van der Waals surface area contributed by atoms with Crippen molar-refractivity contribution in [3.63, 3.8) is 0 Å². The number of aliphatic imine (C=N–C) groups is 1. The summed E-state index contributed by atoms with van der Waals surface area (Å²) in [5.74, 6) is 1.11. The molecule has 2 aromatic rings. The Kier molecular flexibility index (Phi) is 10.6. The van der Waals surface area contributed by atoms with Gasteiger partial charge in [0, 0.05) is 38.3 Å². The molecule has 162 valence electrons. The second-order valence-corrected chi connectivity index (χ2v) is 6.40. The monoisotopic (exact) mass is 527 g/mol. The minimum absolute atomic E-state index is 0. The summed E-state index contributed by atoms with van der Waals surface area (Å²) in [6, 6.07) is 13.8. The van der Waals surface area contributed by atoms with Crippen LogP contribution in [0.5, 0.6) is 5.75 Å². The van der Waals surface area contributed by atoms with Crippen molar-refractivity contribution in [1.82, 2.24) is 15.5 Å². The van der Waals surface area contributed by atoms with E-state index in [2.05, 4.69) is 15.6 Å². The number of non-ortho nitro benzene ring substituents is 1. The highest BCUT2D eigenvalue weighted by Gasteiger charge is 2.08. The Morgan fingerprint density at radius 1 is 1.13 bits per heavy atom. The van der Waals surface area contributed by atoms with Crippen LogP contribution in [-0.2, 0) is 17.9 Å². The number of carbonyl (C=O) groups is 1. The smallest absolute Gasteiger partial charge is 0.269 e. The second-order valence-electron chi connectivity index (χ2n) is 6.40. The van der Waals surface area contributed by atoms with E-state index in [4.69, 9.17) is 4.74 Å². The second kappa shape index (κ2) is 12.6. The van der Waals surface area contributed by atoms with E-state index in [1.165, 1.54) is 17.0 Å². The number of likely N-dealkylation sites (N-methyl/N-ethyl adjacent to an activating group) is 1. The van der Waals surface area contributed by atoms with Crippen LogP contribution in [0.2, 0.25) is 0 Å². The number of nitro benzene ring substituents is 1. The van der Waals surface area contributed by atoms with Crippen LogP contribution in [0.4, 0.5) is 5.69 Å². The van der Waals surface area contributed by atoms with Gasteiger partial charge in [-0.25, -0.2) is 4.99 Å². The fourth-order valence-corrected chi connectivity index (χ4v) is 2.41. The number of carbonyl (C=O) groups excluding carboxylic acids is 1. The van der Waals surface area contributed by atoms with Gasteiger partial charge in [-0.3, -0.25) is 14.9 Å². The molecular weight excluding hydrogens is 501 g/mol. The van der Waals surface area contributed by atoms with Gasteiger partial charge in [-0.1, -0.05) is 30.3 Å². The molecule has 0 atom stereocenters. The van der Waals surface area contributed by atoms with Crippen LogP contribution in [0.25, 0.3) is 0 Å². The van der Waals surface area contributed by atoms with Crippen LogP contribution in [0.15, 0.2) is 53.5 Å². The number of amides is 1. The first-order valence-electron chi connectivity index (χ1n) is 8.98. The zero-order chi connectivity index (χ0) is 21.2. The molecule has 2 rings (SSSR count). The fourth-order valence-electron chi connectivity index (χ4n) is 2.41. The summed E-state index contributed by atoms with van der Waals surface area (Å²) < 4.78 is 5.35. The predicted molar refractivity (Wildman–Crippen MR) is 126 cm³/mol. The molecule has 30 heavy (non-hydrogen) atoms. The SMILES string of the molecule is COc1ccccc1CNC(=NCc1ccc([N+](=O)[O-])cc1)NCC(=O)N(C)C.I. The number of nitrogens with one attached hydrogen (secondary N) is 2. The van der Waals surface area contributed by atoms with Gasteiger partial charge < -0.3 is 20.3 Å². The molecule has 0 saturated carbocycles. The van der Waals surface area contributed by atoms with Crippen molar-refractivity contribution in [3.8, 4) is 5.75 Å². The van der Waals surface area contributed by atoms with Gasteiger partial charge in [0.15, 0.2) is 5.96 Å². The van der Waals surface area contributed by atoms with Gasteiger partial charge in [-0.2, -0.15) is 0 Å². The van der Waals surface area contributed by atoms with Gasteiger partial charge in [0.05, 0.1) is 25.1 Å². The molecule has 9 nitrogen and oxygen atoms in total. The number of para-hydroxylation sites is 1. The number of hydrogen-bond acceptors (Lipinski definition) is 5. The Labute approximate surface area is 192 Å². The first-order valence-corrected chi connectivity index (χ1v) is 8.98. The van der Waals surface area contributed by atoms with E-state index in [1.54, 1.807) is 33.3 Å². The van der Waals surface area contributed by atoms with Gasteiger partial charge in [0.1, 0.15) is 5.75 Å². The number of nitro groups is 1. The molecular formula is C20H26IN5O4. The van der Waals surface area contributed by atoms with E-state index >= 15 is 0 Å². The summed E-state index contributed by atoms with van der Waals surface area (Å²) >= 11 is 0. The van der Waals surface area contributed by atoms with Gasteiger partial charge in [0.2, 0.25) is 5.91 Å². The van der Waals surface area contributed by atoms with Gasteiger partial charge in [-0.15, -0.1) is 24.0 Å². The highest BCUT2D eigenvalue weighted by Crippen LogP contribution is 2.16. The summed E-state index contributed by atoms with van der Waals surface area (Å²) in [6.45, 7) is 0.840. The van der Waals surface area contributed by atoms with Crippen molar-refractivity contribution in [2.75, 3.05) is 27.7 Å². The summed E-state index contributed by atoms with van der Waals surface area (Å²) in [5, 5.41) is 17.0. The number of rotatable bonds is 8. The molecule has 2 aromatic carbocycles. The van der Waals surface area contributed by atoms with Crippen molar-refractivity contribution < 1.29 is 14.5 Å². The minimum atomic E-state index is -0.443. The van der Waals surface area contributed by atoms with Crippen molar-refractivity contribution >= 4 is 41.5 Å². The van der Waals surface area contributed by atoms with E-state index in [0.717, 1.165) is 16.9 Å². The summed E-state index contributed by atoms with van der Waals surface area (Å²) in [7, 11) is 4.97. The predicted octanol–water partition coefficient (Wildman–Crippen LogP) is 2.55. The lowest BCUT2D eigenvalue weighted by Crippen LogP contribution is -2.42. The molecule has 0 bridgehead atoms. The molecule has 0 unspecified atom stereocenters. The molecule has 0 aliphatic rings. The Morgan fingerprint density at radius 2 is 1.80 bits per heavy atom. The quantitative estimate of drug-likeness (QED) is 0.180. The minimum Gasteiger partial charge on any atom is -0.496 e. The molecule has 1 amide bonds. The molecule has 0 saturated heterocycles. The van der Waals surface area contributed by atoms with Crippen LogP contribution in [0, 0.1) is 10.1 Å². The average Bonchev–Trinajstić information content (AvgIpc) is 2.73. The molecule has 0 radical (unpaired) electrons. The maximum Gasteiger partial charge on any atom is 0.269 e. The first-order chi connectivity index (χ1) is 13.9. The summed E-state index contributed by atoms with van der Waals surface area (Å²) in [6.07, 6.45) is 0. The Hall–Kier alpha value is -2.89. The number of ether oxygens (including phenoxy) is 1. The molecule has 0 aromatic heterocycles. The van der Waals surface area contributed by atoms with Crippen LogP contribution < -0.4 is 15.4 Å². The largest absolute Gasteiger partial charge is 0.496 e. The number of benzene rings is 2. The summed E-state index contributed by atoms with van der Waals surface area (Å²) in [5.41, 5.74) is 1.79. The van der Waals surface area contributed by atoms with Crippen molar-refractivity contribution in [2.24, 2.45) is 4.99 Å². The standard InChI is InChI=1S/C20H25N5O4.HI/c1-24(2)19(26)14-23-20(22-13-16-6-4-5-7-18(16)29-3)21-12-15-8-10-17(11-9-15)25(27)28;/h4-11H,12-14H2,1-3H3,(H2,21,22,23);1H. The van der Waals surface area contributed by atoms with Crippen LogP contribution >= 0.6 is 24.0 Å². The zero-order valence-corrected chi connectivity index (χ0v) is 19.5. The Bertz CT molecular complexity index is 872. The lowest BCUT2D eigenvalue weighted by molar-refractivity contribution is -0.384. The Morgan fingerprint density at radius 3 is 2.40 bits per heavy atom. The first kappa shape index (κ1) is 25.1. The normalized spacial score (nSPS) is 10.6. The third-order valence-corrected chi connectivity index (χ3v) is 4.11. The van der Waals surface area contributed by atoms with Gasteiger partial charge in [0.25, 0.3) is 5.69 Å². The molecule has 0 aliphatic carbocycles. The fraction of sp³-hybridized carbons (Fsp3) is 0.300. The van der Waals surface area contributed by atoms with Crippen LogP contribution in [-0.4, -0.2) is 49.4 Å². The maximum absolute atomic E-state index is 11.9. The van der Waals surface area contributed by atoms with E-state index in [-0.39, 0.29) is 42.1 Å². The molecule has 10 heteroatoms.